The summed E-state index contributed by atoms with van der Waals surface area (Å²) in [6.07, 6.45) is 2.10. The van der Waals surface area contributed by atoms with Crippen molar-refractivity contribution in [2.75, 3.05) is 39.8 Å². The first kappa shape index (κ1) is 15.0. The van der Waals surface area contributed by atoms with Crippen molar-refractivity contribution in [1.29, 1.82) is 0 Å². The number of hydrogen-bond acceptors (Lipinski definition) is 4. The highest BCUT2D eigenvalue weighted by Crippen LogP contribution is 2.31. The second-order valence-corrected chi connectivity index (χ2v) is 6.03. The van der Waals surface area contributed by atoms with Gasteiger partial charge in [0.05, 0.1) is 13.7 Å². The van der Waals surface area contributed by atoms with Crippen LogP contribution in [0.1, 0.15) is 23.2 Å². The number of carbonyl (C=O) groups is 2. The number of Topliss-reactive ketones (excluding diaryl/α,β-unsaturated/α-hetero) is 1. The summed E-state index contributed by atoms with van der Waals surface area (Å²) in [7, 11) is 1.61. The van der Waals surface area contributed by atoms with Crippen molar-refractivity contribution in [3.8, 4) is 5.75 Å². The molecule has 2 aliphatic rings. The van der Waals surface area contributed by atoms with Crippen molar-refractivity contribution in [3.63, 3.8) is 0 Å². The summed E-state index contributed by atoms with van der Waals surface area (Å²) in [5, 5.41) is 0. The highest BCUT2D eigenvalue weighted by molar-refractivity contribution is 5.97. The van der Waals surface area contributed by atoms with Crippen LogP contribution in [0.5, 0.6) is 5.75 Å². The van der Waals surface area contributed by atoms with Crippen LogP contribution in [0, 0.1) is 5.92 Å². The molecule has 0 unspecified atom stereocenters. The molecule has 1 heterocycles. The first-order valence-corrected chi connectivity index (χ1v) is 7.86. The number of benzene rings is 1. The summed E-state index contributed by atoms with van der Waals surface area (Å²) in [4.78, 5) is 28.4. The summed E-state index contributed by atoms with van der Waals surface area (Å²) >= 11 is 0. The summed E-state index contributed by atoms with van der Waals surface area (Å²) in [5.41, 5.74) is 0.706. The number of amides is 1. The van der Waals surface area contributed by atoms with Gasteiger partial charge in [0.15, 0.2) is 5.78 Å². The van der Waals surface area contributed by atoms with Gasteiger partial charge in [-0.2, -0.15) is 0 Å². The molecule has 1 saturated heterocycles. The molecule has 0 aromatic heterocycles. The lowest BCUT2D eigenvalue weighted by atomic mass is 10.1. The molecular formula is C17H22N2O3. The lowest BCUT2D eigenvalue weighted by molar-refractivity contribution is -0.134. The number of carbonyl (C=O) groups excluding carboxylic acids is 2. The van der Waals surface area contributed by atoms with Crippen molar-refractivity contribution >= 4 is 11.7 Å². The molecule has 1 aromatic carbocycles. The van der Waals surface area contributed by atoms with E-state index in [0.717, 1.165) is 44.8 Å². The van der Waals surface area contributed by atoms with Crippen LogP contribution in [0.3, 0.4) is 0 Å². The van der Waals surface area contributed by atoms with Gasteiger partial charge in [-0.1, -0.05) is 0 Å². The zero-order chi connectivity index (χ0) is 15.5. The Labute approximate surface area is 130 Å². The Morgan fingerprint density at radius 2 is 1.73 bits per heavy atom. The Bertz CT molecular complexity index is 544. The standard InChI is InChI=1S/C17H22N2O3/c1-22-15-6-4-13(5-7-15)16(20)12-18-8-10-19(11-9-18)17(21)14-2-3-14/h4-7,14H,2-3,8-12H2,1H3. The van der Waals surface area contributed by atoms with Crippen LogP contribution in [-0.4, -0.2) is 61.3 Å². The van der Waals surface area contributed by atoms with E-state index >= 15 is 0 Å². The van der Waals surface area contributed by atoms with Gasteiger partial charge in [-0.15, -0.1) is 0 Å². The number of nitrogens with zero attached hydrogens (tertiary/aromatic N) is 2. The second kappa shape index (κ2) is 6.48. The average molecular weight is 302 g/mol. The molecule has 1 amide bonds. The smallest absolute Gasteiger partial charge is 0.225 e. The number of methoxy groups -OCH3 is 1. The predicted octanol–water partition coefficient (Wildman–Crippen LogP) is 1.43. The van der Waals surface area contributed by atoms with Crippen LogP contribution < -0.4 is 4.74 Å². The largest absolute Gasteiger partial charge is 0.497 e. The van der Waals surface area contributed by atoms with Crippen molar-refractivity contribution < 1.29 is 14.3 Å². The number of hydrogen-bond donors (Lipinski definition) is 0. The molecule has 1 saturated carbocycles. The third-order valence-corrected chi connectivity index (χ3v) is 4.39. The highest BCUT2D eigenvalue weighted by Gasteiger charge is 2.34. The summed E-state index contributed by atoms with van der Waals surface area (Å²) in [6, 6.07) is 7.21. The van der Waals surface area contributed by atoms with Gasteiger partial charge >= 0.3 is 0 Å². The molecule has 1 aliphatic heterocycles. The molecule has 1 aliphatic carbocycles. The molecule has 22 heavy (non-hydrogen) atoms. The number of ether oxygens (including phenoxy) is 1. The number of rotatable bonds is 5. The molecule has 5 heteroatoms. The van der Waals surface area contributed by atoms with Crippen molar-refractivity contribution in [1.82, 2.24) is 9.80 Å². The monoisotopic (exact) mass is 302 g/mol. The maximum absolute atomic E-state index is 12.3. The fourth-order valence-corrected chi connectivity index (χ4v) is 2.79. The molecule has 118 valence electrons. The minimum Gasteiger partial charge on any atom is -0.497 e. The van der Waals surface area contributed by atoms with Gasteiger partial charge in [0.2, 0.25) is 5.91 Å². The van der Waals surface area contributed by atoms with E-state index in [-0.39, 0.29) is 11.7 Å². The van der Waals surface area contributed by atoms with E-state index in [1.165, 1.54) is 0 Å². The topological polar surface area (TPSA) is 49.9 Å². The number of piperazine rings is 1. The molecule has 5 nitrogen and oxygen atoms in total. The van der Waals surface area contributed by atoms with E-state index in [0.29, 0.717) is 18.0 Å². The van der Waals surface area contributed by atoms with Crippen molar-refractivity contribution in [2.45, 2.75) is 12.8 Å². The fraction of sp³-hybridized carbons (Fsp3) is 0.529. The van der Waals surface area contributed by atoms with E-state index in [2.05, 4.69) is 4.90 Å². The minimum absolute atomic E-state index is 0.115. The Kier molecular flexibility index (Phi) is 4.43. The van der Waals surface area contributed by atoms with Crippen LogP contribution in [0.15, 0.2) is 24.3 Å². The summed E-state index contributed by atoms with van der Waals surface area (Å²) in [6.45, 7) is 3.45. The van der Waals surface area contributed by atoms with E-state index < -0.39 is 0 Å². The molecule has 0 atom stereocenters. The maximum Gasteiger partial charge on any atom is 0.225 e. The highest BCUT2D eigenvalue weighted by atomic mass is 16.5. The minimum atomic E-state index is 0.115. The van der Waals surface area contributed by atoms with Gasteiger partial charge < -0.3 is 9.64 Å². The van der Waals surface area contributed by atoms with Crippen LogP contribution in [0.4, 0.5) is 0 Å². The van der Waals surface area contributed by atoms with Gasteiger partial charge in [0.25, 0.3) is 0 Å². The Hall–Kier alpha value is -1.88. The van der Waals surface area contributed by atoms with Gasteiger partial charge in [0, 0.05) is 37.7 Å². The zero-order valence-corrected chi connectivity index (χ0v) is 13.0. The Morgan fingerprint density at radius 3 is 2.27 bits per heavy atom. The normalized spacial score (nSPS) is 19.0. The molecule has 2 fully saturated rings. The Morgan fingerprint density at radius 1 is 1.09 bits per heavy atom. The van der Waals surface area contributed by atoms with Crippen LogP contribution in [0.2, 0.25) is 0 Å². The molecule has 0 radical (unpaired) electrons. The van der Waals surface area contributed by atoms with E-state index in [4.69, 9.17) is 4.74 Å². The fourth-order valence-electron chi connectivity index (χ4n) is 2.79. The van der Waals surface area contributed by atoms with E-state index in [9.17, 15) is 9.59 Å². The van der Waals surface area contributed by atoms with E-state index in [1.807, 2.05) is 4.90 Å². The third kappa shape index (κ3) is 3.47. The molecule has 0 N–H and O–H groups in total. The van der Waals surface area contributed by atoms with Gasteiger partial charge in [-0.05, 0) is 37.1 Å². The SMILES string of the molecule is COc1ccc(C(=O)CN2CCN(C(=O)C3CC3)CC2)cc1. The molecule has 1 aromatic rings. The molecular weight excluding hydrogens is 280 g/mol. The first-order chi connectivity index (χ1) is 10.7. The van der Waals surface area contributed by atoms with Gasteiger partial charge in [-0.3, -0.25) is 14.5 Å². The average Bonchev–Trinajstić information content (AvgIpc) is 3.40. The zero-order valence-electron chi connectivity index (χ0n) is 13.0. The predicted molar refractivity (Wildman–Crippen MR) is 83.1 cm³/mol. The first-order valence-electron chi connectivity index (χ1n) is 7.86. The van der Waals surface area contributed by atoms with Crippen molar-refractivity contribution in [3.05, 3.63) is 29.8 Å². The molecule has 3 rings (SSSR count). The molecule has 0 bridgehead atoms. The summed E-state index contributed by atoms with van der Waals surface area (Å²) < 4.78 is 5.10. The van der Waals surface area contributed by atoms with Crippen LogP contribution in [-0.2, 0) is 4.79 Å². The van der Waals surface area contributed by atoms with E-state index in [1.54, 1.807) is 31.4 Å². The maximum atomic E-state index is 12.3. The third-order valence-electron chi connectivity index (χ3n) is 4.39. The quantitative estimate of drug-likeness (QED) is 0.772. The summed E-state index contributed by atoms with van der Waals surface area (Å²) in [5.74, 6) is 1.46. The Balaban J connectivity index is 1.49. The van der Waals surface area contributed by atoms with Gasteiger partial charge in [-0.25, -0.2) is 0 Å². The second-order valence-electron chi connectivity index (χ2n) is 6.03. The number of ketones is 1. The molecule has 0 spiro atoms. The van der Waals surface area contributed by atoms with Gasteiger partial charge in [0.1, 0.15) is 5.75 Å². The van der Waals surface area contributed by atoms with Crippen LogP contribution >= 0.6 is 0 Å². The lowest BCUT2D eigenvalue weighted by Gasteiger charge is -2.34. The lowest BCUT2D eigenvalue weighted by Crippen LogP contribution is -2.50. The van der Waals surface area contributed by atoms with Crippen LogP contribution in [0.25, 0.3) is 0 Å². The van der Waals surface area contributed by atoms with Crippen molar-refractivity contribution in [2.24, 2.45) is 5.92 Å².